The second kappa shape index (κ2) is 4.06. The average molecular weight is 227 g/mol. The lowest BCUT2D eigenvalue weighted by Crippen LogP contribution is -2.40. The van der Waals surface area contributed by atoms with Gasteiger partial charge in [-0.3, -0.25) is 4.99 Å². The fraction of sp³-hybridized carbons (Fsp3) is 0.700. The van der Waals surface area contributed by atoms with E-state index in [1.54, 1.807) is 18.8 Å². The first-order valence-electron chi connectivity index (χ1n) is 5.18. The summed E-state index contributed by atoms with van der Waals surface area (Å²) in [5, 5.41) is 12.6. The van der Waals surface area contributed by atoms with Crippen molar-refractivity contribution in [2.45, 2.75) is 24.8 Å². The van der Waals surface area contributed by atoms with Crippen molar-refractivity contribution in [3.63, 3.8) is 0 Å². The molecule has 0 spiro atoms. The topological polar surface area (TPSA) is 70.6 Å². The number of nitrogens with two attached hydrogens (primary N) is 1. The lowest BCUT2D eigenvalue weighted by molar-refractivity contribution is 0.245. The number of nitrogens with zero attached hydrogens (tertiary/aromatic N) is 1. The van der Waals surface area contributed by atoms with Gasteiger partial charge in [-0.15, -0.1) is 11.8 Å². The molecule has 0 aromatic rings. The Hall–Kier alpha value is -0.680. The summed E-state index contributed by atoms with van der Waals surface area (Å²) >= 11 is 1.74. The van der Waals surface area contributed by atoms with Crippen molar-refractivity contribution in [2.24, 2.45) is 10.7 Å². The minimum absolute atomic E-state index is 0.120. The SMILES string of the molecule is CN=C(NC1(CO)CC1)C1=C(N)CCS1. The highest BCUT2D eigenvalue weighted by atomic mass is 32.2. The predicted molar refractivity (Wildman–Crippen MR) is 63.8 cm³/mol. The monoisotopic (exact) mass is 227 g/mol. The first-order valence-corrected chi connectivity index (χ1v) is 6.17. The first-order chi connectivity index (χ1) is 7.21. The molecule has 84 valence electrons. The Bertz CT molecular complexity index is 321. The van der Waals surface area contributed by atoms with E-state index >= 15 is 0 Å². The summed E-state index contributed by atoms with van der Waals surface area (Å²) in [6.45, 7) is 0.171. The minimum Gasteiger partial charge on any atom is -0.401 e. The third kappa shape index (κ3) is 2.13. The Morgan fingerprint density at radius 1 is 1.67 bits per heavy atom. The van der Waals surface area contributed by atoms with Crippen molar-refractivity contribution in [3.05, 3.63) is 10.6 Å². The van der Waals surface area contributed by atoms with Crippen LogP contribution in [0.25, 0.3) is 0 Å². The maximum absolute atomic E-state index is 9.24. The van der Waals surface area contributed by atoms with Gasteiger partial charge in [-0.25, -0.2) is 0 Å². The third-order valence-corrected chi connectivity index (χ3v) is 4.04. The van der Waals surface area contributed by atoms with Crippen molar-refractivity contribution in [1.29, 1.82) is 0 Å². The summed E-state index contributed by atoms with van der Waals surface area (Å²) in [5.41, 5.74) is 6.71. The van der Waals surface area contributed by atoms with E-state index in [4.69, 9.17) is 5.73 Å². The van der Waals surface area contributed by atoms with Crippen LogP contribution in [0, 0.1) is 0 Å². The van der Waals surface area contributed by atoms with E-state index in [0.29, 0.717) is 0 Å². The Morgan fingerprint density at radius 3 is 2.80 bits per heavy atom. The molecule has 0 amide bonds. The van der Waals surface area contributed by atoms with Crippen LogP contribution in [0.5, 0.6) is 0 Å². The van der Waals surface area contributed by atoms with Gasteiger partial charge in [-0.1, -0.05) is 0 Å². The van der Waals surface area contributed by atoms with Gasteiger partial charge in [-0.2, -0.15) is 0 Å². The number of aliphatic hydroxyl groups is 1. The maximum atomic E-state index is 9.24. The highest BCUT2D eigenvalue weighted by Gasteiger charge is 2.43. The molecular weight excluding hydrogens is 210 g/mol. The van der Waals surface area contributed by atoms with E-state index in [2.05, 4.69) is 10.3 Å². The Balaban J connectivity index is 2.09. The van der Waals surface area contributed by atoms with Crippen LogP contribution >= 0.6 is 11.8 Å². The molecule has 0 bridgehead atoms. The Kier molecular flexibility index (Phi) is 2.93. The number of amidine groups is 1. The quantitative estimate of drug-likeness (QED) is 0.483. The van der Waals surface area contributed by atoms with Gasteiger partial charge in [-0.05, 0) is 19.3 Å². The molecule has 1 fully saturated rings. The summed E-state index contributed by atoms with van der Waals surface area (Å²) in [7, 11) is 1.76. The van der Waals surface area contributed by atoms with E-state index in [0.717, 1.165) is 41.5 Å². The van der Waals surface area contributed by atoms with Crippen LogP contribution in [0.15, 0.2) is 15.6 Å². The second-order valence-corrected chi connectivity index (χ2v) is 5.19. The number of rotatable bonds is 3. The van der Waals surface area contributed by atoms with Crippen LogP contribution in [0.4, 0.5) is 0 Å². The number of thioether (sulfide) groups is 1. The van der Waals surface area contributed by atoms with Gasteiger partial charge in [0, 0.05) is 18.5 Å². The van der Waals surface area contributed by atoms with Gasteiger partial charge >= 0.3 is 0 Å². The first kappa shape index (κ1) is 10.8. The van der Waals surface area contributed by atoms with Gasteiger partial charge in [0.1, 0.15) is 5.84 Å². The third-order valence-electron chi connectivity index (χ3n) is 2.89. The van der Waals surface area contributed by atoms with Crippen molar-refractivity contribution < 1.29 is 5.11 Å². The molecule has 1 saturated carbocycles. The molecular formula is C10H17N3OS. The summed E-state index contributed by atoms with van der Waals surface area (Å²) in [4.78, 5) is 5.30. The zero-order chi connectivity index (χ0) is 10.9. The number of aliphatic imine (C=N–C) groups is 1. The highest BCUT2D eigenvalue weighted by Crippen LogP contribution is 2.37. The second-order valence-electron chi connectivity index (χ2n) is 4.09. The molecule has 0 unspecified atom stereocenters. The van der Waals surface area contributed by atoms with Crippen LogP contribution in [-0.4, -0.2) is 35.9 Å². The van der Waals surface area contributed by atoms with E-state index in [9.17, 15) is 5.11 Å². The summed E-state index contributed by atoms with van der Waals surface area (Å²) < 4.78 is 0. The molecule has 0 atom stereocenters. The lowest BCUT2D eigenvalue weighted by Gasteiger charge is -2.18. The zero-order valence-corrected chi connectivity index (χ0v) is 9.73. The molecule has 0 saturated heterocycles. The van der Waals surface area contributed by atoms with Gasteiger partial charge < -0.3 is 16.2 Å². The molecule has 1 aliphatic carbocycles. The van der Waals surface area contributed by atoms with Crippen molar-refractivity contribution >= 4 is 17.6 Å². The number of hydrogen-bond acceptors (Lipinski definition) is 4. The largest absolute Gasteiger partial charge is 0.401 e. The number of hydrogen-bond donors (Lipinski definition) is 3. The molecule has 1 heterocycles. The summed E-state index contributed by atoms with van der Waals surface area (Å²) in [5.74, 6) is 1.88. The van der Waals surface area contributed by atoms with E-state index in [1.807, 2.05) is 0 Å². The minimum atomic E-state index is -0.120. The molecule has 4 N–H and O–H groups in total. The number of allylic oxidation sites excluding steroid dienone is 1. The molecule has 5 heteroatoms. The van der Waals surface area contributed by atoms with Gasteiger partial charge in [0.25, 0.3) is 0 Å². The number of aliphatic hydroxyl groups excluding tert-OH is 1. The number of nitrogens with one attached hydrogen (secondary N) is 1. The fourth-order valence-electron chi connectivity index (χ4n) is 1.63. The average Bonchev–Trinajstić information content (AvgIpc) is 2.91. The van der Waals surface area contributed by atoms with Gasteiger partial charge in [0.15, 0.2) is 0 Å². The smallest absolute Gasteiger partial charge is 0.136 e. The highest BCUT2D eigenvalue weighted by molar-refractivity contribution is 8.04. The standard InChI is InChI=1S/C10H17N3OS/c1-12-9(8-7(11)2-5-15-8)13-10(6-14)3-4-10/h14H,2-6,11H2,1H3,(H,12,13). The maximum Gasteiger partial charge on any atom is 0.136 e. The normalized spacial score (nSPS) is 24.5. The van der Waals surface area contributed by atoms with Crippen LogP contribution in [0.2, 0.25) is 0 Å². The fourth-order valence-corrected chi connectivity index (χ4v) is 2.72. The molecule has 0 aromatic carbocycles. The van der Waals surface area contributed by atoms with Crippen LogP contribution in [0.1, 0.15) is 19.3 Å². The van der Waals surface area contributed by atoms with Crippen LogP contribution < -0.4 is 11.1 Å². The molecule has 0 radical (unpaired) electrons. The van der Waals surface area contributed by atoms with Gasteiger partial charge in [0.05, 0.1) is 17.1 Å². The van der Waals surface area contributed by atoms with Crippen molar-refractivity contribution in [1.82, 2.24) is 5.32 Å². The molecule has 1 aliphatic heterocycles. The van der Waals surface area contributed by atoms with Crippen molar-refractivity contribution in [3.8, 4) is 0 Å². The molecule has 2 aliphatic rings. The molecule has 4 nitrogen and oxygen atoms in total. The van der Waals surface area contributed by atoms with Crippen LogP contribution in [-0.2, 0) is 0 Å². The molecule has 15 heavy (non-hydrogen) atoms. The predicted octanol–water partition coefficient (Wildman–Crippen LogP) is 0.436. The molecule has 2 rings (SSSR count). The zero-order valence-electron chi connectivity index (χ0n) is 8.92. The lowest BCUT2D eigenvalue weighted by atomic mass is 10.2. The summed E-state index contributed by atoms with van der Waals surface area (Å²) in [6.07, 6.45) is 2.97. The Labute approximate surface area is 94.0 Å². The molecule has 0 aromatic heterocycles. The van der Waals surface area contributed by atoms with E-state index < -0.39 is 0 Å². The van der Waals surface area contributed by atoms with E-state index in [1.165, 1.54) is 0 Å². The Morgan fingerprint density at radius 2 is 2.40 bits per heavy atom. The summed E-state index contributed by atoms with van der Waals surface area (Å²) in [6, 6.07) is 0. The van der Waals surface area contributed by atoms with Crippen molar-refractivity contribution in [2.75, 3.05) is 19.4 Å². The van der Waals surface area contributed by atoms with Crippen LogP contribution in [0.3, 0.4) is 0 Å². The van der Waals surface area contributed by atoms with Gasteiger partial charge in [0.2, 0.25) is 0 Å². The van der Waals surface area contributed by atoms with E-state index in [-0.39, 0.29) is 12.1 Å².